The number of benzene rings is 2. The van der Waals surface area contributed by atoms with Crippen molar-refractivity contribution in [2.75, 3.05) is 13.7 Å². The van der Waals surface area contributed by atoms with E-state index in [9.17, 15) is 4.79 Å². The molecule has 1 N–H and O–H groups in total. The lowest BCUT2D eigenvalue weighted by Gasteiger charge is -2.07. The zero-order valence-electron chi connectivity index (χ0n) is 11.3. The monoisotopic (exact) mass is 287 g/mol. The summed E-state index contributed by atoms with van der Waals surface area (Å²) in [5.41, 5.74) is 1.76. The highest BCUT2D eigenvalue weighted by Gasteiger charge is 2.05. The summed E-state index contributed by atoms with van der Waals surface area (Å²) in [5.74, 6) is 0.750. The second-order valence-electron chi connectivity index (χ2n) is 4.41. The second-order valence-corrected chi connectivity index (χ2v) is 4.92. The van der Waals surface area contributed by atoms with Gasteiger partial charge in [-0.25, -0.2) is 0 Å². The minimum Gasteiger partial charge on any atom is -0.497 e. The number of carbonyl (C=O) groups is 1. The molecule has 0 unspecified atom stereocenters. The number of ether oxygens (including phenoxy) is 1. The van der Waals surface area contributed by atoms with Crippen LogP contribution in [0.25, 0.3) is 0 Å². The molecule has 2 aromatic rings. The van der Waals surface area contributed by atoms with Crippen molar-refractivity contribution >= 4 is 18.5 Å². The minimum atomic E-state index is -0.0798. The number of rotatable bonds is 5. The molecular formula is C16H17NO2S. The maximum absolute atomic E-state index is 11.9. The molecule has 0 atom stereocenters. The molecule has 0 saturated carbocycles. The molecule has 0 aromatic heterocycles. The number of thiol groups is 1. The Kier molecular flexibility index (Phi) is 5.07. The zero-order valence-corrected chi connectivity index (χ0v) is 12.2. The van der Waals surface area contributed by atoms with Crippen molar-refractivity contribution in [1.82, 2.24) is 5.32 Å². The molecule has 2 aromatic carbocycles. The van der Waals surface area contributed by atoms with E-state index < -0.39 is 0 Å². The largest absolute Gasteiger partial charge is 0.497 e. The first-order valence-electron chi connectivity index (χ1n) is 6.39. The lowest BCUT2D eigenvalue weighted by Crippen LogP contribution is -2.25. The highest BCUT2D eigenvalue weighted by molar-refractivity contribution is 7.80. The van der Waals surface area contributed by atoms with Crippen LogP contribution < -0.4 is 10.1 Å². The summed E-state index contributed by atoms with van der Waals surface area (Å²) >= 11 is 4.23. The van der Waals surface area contributed by atoms with Crippen LogP contribution in [0.5, 0.6) is 5.75 Å². The summed E-state index contributed by atoms with van der Waals surface area (Å²) in [6, 6.07) is 15.0. The molecule has 0 heterocycles. The van der Waals surface area contributed by atoms with Crippen molar-refractivity contribution in [2.24, 2.45) is 0 Å². The molecule has 0 fully saturated rings. The summed E-state index contributed by atoms with van der Waals surface area (Å²) in [7, 11) is 1.64. The second kappa shape index (κ2) is 7.01. The molecule has 3 nitrogen and oxygen atoms in total. The van der Waals surface area contributed by atoms with Gasteiger partial charge in [0, 0.05) is 17.0 Å². The van der Waals surface area contributed by atoms with Crippen LogP contribution in [-0.2, 0) is 6.42 Å². The van der Waals surface area contributed by atoms with Crippen molar-refractivity contribution in [2.45, 2.75) is 11.3 Å². The minimum absolute atomic E-state index is 0.0798. The number of hydrogen-bond donors (Lipinski definition) is 2. The standard InChI is InChI=1S/C16H17NO2S/c1-19-14-6-2-4-12(10-14)8-9-17-16(18)13-5-3-7-15(20)11-13/h2-7,10-11,20H,8-9H2,1H3,(H,17,18). The molecule has 1 amide bonds. The summed E-state index contributed by atoms with van der Waals surface area (Å²) in [6.45, 7) is 0.586. The molecule has 0 saturated heterocycles. The fourth-order valence-electron chi connectivity index (χ4n) is 1.90. The van der Waals surface area contributed by atoms with Crippen LogP contribution in [0.2, 0.25) is 0 Å². The van der Waals surface area contributed by atoms with Crippen molar-refractivity contribution in [3.05, 3.63) is 59.7 Å². The number of methoxy groups -OCH3 is 1. The SMILES string of the molecule is COc1cccc(CCNC(=O)c2cccc(S)c2)c1. The van der Waals surface area contributed by atoms with Gasteiger partial charge in [0.15, 0.2) is 0 Å². The molecule has 104 valence electrons. The Balaban J connectivity index is 1.88. The van der Waals surface area contributed by atoms with E-state index in [2.05, 4.69) is 17.9 Å². The number of hydrogen-bond acceptors (Lipinski definition) is 3. The van der Waals surface area contributed by atoms with Gasteiger partial charge in [-0.15, -0.1) is 12.6 Å². The predicted octanol–water partition coefficient (Wildman–Crippen LogP) is 2.96. The molecule has 0 radical (unpaired) electrons. The van der Waals surface area contributed by atoms with Crippen molar-refractivity contribution in [3.63, 3.8) is 0 Å². The highest BCUT2D eigenvalue weighted by atomic mass is 32.1. The Labute approximate surface area is 124 Å². The lowest BCUT2D eigenvalue weighted by molar-refractivity contribution is 0.0954. The van der Waals surface area contributed by atoms with Crippen molar-refractivity contribution in [1.29, 1.82) is 0 Å². The Morgan fingerprint density at radius 1 is 1.20 bits per heavy atom. The van der Waals surface area contributed by atoms with Crippen LogP contribution in [0.1, 0.15) is 15.9 Å². The summed E-state index contributed by atoms with van der Waals surface area (Å²) < 4.78 is 5.17. The van der Waals surface area contributed by atoms with Gasteiger partial charge >= 0.3 is 0 Å². The van der Waals surface area contributed by atoms with E-state index >= 15 is 0 Å². The van der Waals surface area contributed by atoms with Gasteiger partial charge in [0.2, 0.25) is 0 Å². The summed E-state index contributed by atoms with van der Waals surface area (Å²) in [4.78, 5) is 12.7. The molecule has 4 heteroatoms. The average Bonchev–Trinajstić information content (AvgIpc) is 2.47. The van der Waals surface area contributed by atoms with Crippen LogP contribution in [0.4, 0.5) is 0 Å². The van der Waals surface area contributed by atoms with E-state index in [-0.39, 0.29) is 5.91 Å². The first-order chi connectivity index (χ1) is 9.69. The molecule has 0 spiro atoms. The summed E-state index contributed by atoms with van der Waals surface area (Å²) in [6.07, 6.45) is 0.767. The van der Waals surface area contributed by atoms with Crippen LogP contribution in [-0.4, -0.2) is 19.6 Å². The fraction of sp³-hybridized carbons (Fsp3) is 0.188. The molecule has 20 heavy (non-hydrogen) atoms. The van der Waals surface area contributed by atoms with Gasteiger partial charge in [-0.1, -0.05) is 18.2 Å². The zero-order chi connectivity index (χ0) is 14.4. The van der Waals surface area contributed by atoms with Gasteiger partial charge in [0.1, 0.15) is 5.75 Å². The number of amides is 1. The third-order valence-corrected chi connectivity index (χ3v) is 3.22. The van der Waals surface area contributed by atoms with Crippen molar-refractivity contribution in [3.8, 4) is 5.75 Å². The van der Waals surface area contributed by atoms with Gasteiger partial charge in [-0.3, -0.25) is 4.79 Å². The fourth-order valence-corrected chi connectivity index (χ4v) is 2.12. The Morgan fingerprint density at radius 2 is 2.00 bits per heavy atom. The number of nitrogens with one attached hydrogen (secondary N) is 1. The quantitative estimate of drug-likeness (QED) is 0.830. The first-order valence-corrected chi connectivity index (χ1v) is 6.84. The third kappa shape index (κ3) is 4.03. The first kappa shape index (κ1) is 14.5. The van der Waals surface area contributed by atoms with Gasteiger partial charge in [-0.2, -0.15) is 0 Å². The topological polar surface area (TPSA) is 38.3 Å². The molecule has 2 rings (SSSR count). The Hall–Kier alpha value is -1.94. The molecule has 0 bridgehead atoms. The maximum Gasteiger partial charge on any atom is 0.251 e. The van der Waals surface area contributed by atoms with Crippen LogP contribution in [0.15, 0.2) is 53.4 Å². The normalized spacial score (nSPS) is 10.1. The van der Waals surface area contributed by atoms with E-state index in [1.807, 2.05) is 36.4 Å². The van der Waals surface area contributed by atoms with Gasteiger partial charge in [-0.05, 0) is 42.3 Å². The maximum atomic E-state index is 11.9. The lowest BCUT2D eigenvalue weighted by atomic mass is 10.1. The van der Waals surface area contributed by atoms with Crippen molar-refractivity contribution < 1.29 is 9.53 Å². The Morgan fingerprint density at radius 3 is 2.75 bits per heavy atom. The third-order valence-electron chi connectivity index (χ3n) is 2.94. The van der Waals surface area contributed by atoms with Gasteiger partial charge < -0.3 is 10.1 Å². The van der Waals surface area contributed by atoms with Gasteiger partial charge in [0.05, 0.1) is 7.11 Å². The van der Waals surface area contributed by atoms with Crippen LogP contribution in [0, 0.1) is 0 Å². The summed E-state index contributed by atoms with van der Waals surface area (Å²) in [5, 5.41) is 2.90. The van der Waals surface area contributed by atoms with Gasteiger partial charge in [0.25, 0.3) is 5.91 Å². The van der Waals surface area contributed by atoms with Crippen LogP contribution in [0.3, 0.4) is 0 Å². The highest BCUT2D eigenvalue weighted by Crippen LogP contribution is 2.13. The molecular weight excluding hydrogens is 270 g/mol. The van der Waals surface area contributed by atoms with E-state index in [0.29, 0.717) is 12.1 Å². The predicted molar refractivity (Wildman–Crippen MR) is 82.7 cm³/mol. The Bertz CT molecular complexity index is 599. The smallest absolute Gasteiger partial charge is 0.251 e. The van der Waals surface area contributed by atoms with E-state index in [0.717, 1.165) is 22.6 Å². The van der Waals surface area contributed by atoms with E-state index in [1.54, 1.807) is 19.2 Å². The average molecular weight is 287 g/mol. The molecule has 0 aliphatic rings. The molecule has 0 aliphatic heterocycles. The van der Waals surface area contributed by atoms with E-state index in [1.165, 1.54) is 0 Å². The van der Waals surface area contributed by atoms with E-state index in [4.69, 9.17) is 4.74 Å². The molecule has 0 aliphatic carbocycles. The number of carbonyl (C=O) groups excluding carboxylic acids is 1. The van der Waals surface area contributed by atoms with Crippen LogP contribution >= 0.6 is 12.6 Å².